The quantitative estimate of drug-likeness (QED) is 0.0444. The molecular formula is C43H50N4O10S2. The van der Waals surface area contributed by atoms with Crippen LogP contribution in [0.15, 0.2) is 125 Å². The molecule has 0 aliphatic carbocycles. The molecule has 16 heteroatoms. The first-order chi connectivity index (χ1) is 28.3. The van der Waals surface area contributed by atoms with Gasteiger partial charge in [-0.2, -0.15) is 16.8 Å². The summed E-state index contributed by atoms with van der Waals surface area (Å²) in [6.45, 7) is 4.76. The number of amides is 2. The van der Waals surface area contributed by atoms with Gasteiger partial charge in [0.15, 0.2) is 0 Å². The number of para-hydroxylation sites is 1. The molecule has 1 fully saturated rings. The number of piperidine rings is 1. The lowest BCUT2D eigenvalue weighted by Gasteiger charge is -2.31. The minimum Gasteiger partial charge on any atom is -0.508 e. The highest BCUT2D eigenvalue weighted by molar-refractivity contribution is 7.86. The van der Waals surface area contributed by atoms with Crippen molar-refractivity contribution in [1.29, 1.82) is 0 Å². The summed E-state index contributed by atoms with van der Waals surface area (Å²) in [5.74, 6) is 0.374. The monoisotopic (exact) mass is 846 g/mol. The number of phenols is 1. The Morgan fingerprint density at radius 1 is 0.695 bits per heavy atom. The number of fused-ring (bicyclic) bond motifs is 1. The Kier molecular flexibility index (Phi) is 16.4. The van der Waals surface area contributed by atoms with Crippen molar-refractivity contribution in [1.82, 2.24) is 15.5 Å². The van der Waals surface area contributed by atoms with Gasteiger partial charge in [-0.3, -0.25) is 19.2 Å². The van der Waals surface area contributed by atoms with Gasteiger partial charge in [0.1, 0.15) is 21.6 Å². The highest BCUT2D eigenvalue weighted by Gasteiger charge is 2.23. The maximum atomic E-state index is 12.6. The number of aromatic hydroxyl groups is 1. The van der Waals surface area contributed by atoms with Crippen LogP contribution in [0.1, 0.15) is 44.1 Å². The SMILES string of the molecule is O=C(CCN1CCC(OC(=O)Nc2ccccc2-c2ccccc2)CC1)NCCCCCNCc1ccc(O)cc1.O=S(=O)(O)c1cccc2c(S(=O)(=O)O)cccc12. The summed E-state index contributed by atoms with van der Waals surface area (Å²) in [5, 5.41) is 18.7. The van der Waals surface area contributed by atoms with Crippen LogP contribution in [0.3, 0.4) is 0 Å². The van der Waals surface area contributed by atoms with Crippen molar-refractivity contribution in [2.45, 2.75) is 61.0 Å². The summed E-state index contributed by atoms with van der Waals surface area (Å²) in [6, 6.07) is 32.4. The lowest BCUT2D eigenvalue weighted by Crippen LogP contribution is -2.40. The fourth-order valence-corrected chi connectivity index (χ4v) is 8.09. The zero-order chi connectivity index (χ0) is 42.3. The molecule has 0 radical (unpaired) electrons. The summed E-state index contributed by atoms with van der Waals surface area (Å²) >= 11 is 0. The topological polar surface area (TPSA) is 212 Å². The third-order valence-electron chi connectivity index (χ3n) is 9.73. The van der Waals surface area contributed by atoms with Gasteiger partial charge in [0.25, 0.3) is 20.2 Å². The number of phenolic OH excluding ortho intramolecular Hbond substituents is 1. The average Bonchev–Trinajstić information content (AvgIpc) is 3.22. The molecule has 0 atom stereocenters. The Bertz CT molecular complexity index is 2300. The number of nitrogens with one attached hydrogen (secondary N) is 3. The molecular weight excluding hydrogens is 797 g/mol. The van der Waals surface area contributed by atoms with Crippen LogP contribution in [0, 0.1) is 0 Å². The largest absolute Gasteiger partial charge is 0.508 e. The van der Waals surface area contributed by atoms with Crippen molar-refractivity contribution in [3.8, 4) is 16.9 Å². The molecule has 59 heavy (non-hydrogen) atoms. The van der Waals surface area contributed by atoms with E-state index in [0.717, 1.165) is 99.3 Å². The fraction of sp³-hybridized carbons (Fsp3) is 0.302. The zero-order valence-corrected chi connectivity index (χ0v) is 34.1. The van der Waals surface area contributed by atoms with Gasteiger partial charge in [0.2, 0.25) is 5.91 Å². The van der Waals surface area contributed by atoms with Gasteiger partial charge < -0.3 is 25.4 Å². The van der Waals surface area contributed by atoms with Crippen molar-refractivity contribution in [2.75, 3.05) is 38.0 Å². The maximum absolute atomic E-state index is 12.6. The highest BCUT2D eigenvalue weighted by atomic mass is 32.2. The van der Waals surface area contributed by atoms with E-state index in [1.165, 1.54) is 24.3 Å². The molecule has 5 aromatic rings. The van der Waals surface area contributed by atoms with Crippen LogP contribution >= 0.6 is 0 Å². The van der Waals surface area contributed by atoms with Gasteiger partial charge in [-0.25, -0.2) is 4.79 Å². The Labute approximate surface area is 345 Å². The molecule has 1 aliphatic rings. The van der Waals surface area contributed by atoms with Crippen LogP contribution in [0.5, 0.6) is 5.75 Å². The summed E-state index contributed by atoms with van der Waals surface area (Å²) in [4.78, 5) is 26.3. The first kappa shape index (κ1) is 44.7. The van der Waals surface area contributed by atoms with E-state index in [1.54, 1.807) is 12.1 Å². The summed E-state index contributed by atoms with van der Waals surface area (Å²) < 4.78 is 68.4. The molecule has 1 aliphatic heterocycles. The molecule has 0 saturated carbocycles. The smallest absolute Gasteiger partial charge is 0.411 e. The first-order valence-electron chi connectivity index (χ1n) is 19.3. The van der Waals surface area contributed by atoms with Crippen LogP contribution in [0.2, 0.25) is 0 Å². The van der Waals surface area contributed by atoms with Crippen LogP contribution in [0.4, 0.5) is 10.5 Å². The lowest BCUT2D eigenvalue weighted by atomic mass is 10.0. The molecule has 6 N–H and O–H groups in total. The van der Waals surface area contributed by atoms with E-state index in [4.69, 9.17) is 13.8 Å². The number of benzene rings is 5. The van der Waals surface area contributed by atoms with Crippen LogP contribution < -0.4 is 16.0 Å². The maximum Gasteiger partial charge on any atom is 0.411 e. The molecule has 2 amide bonds. The van der Waals surface area contributed by atoms with Crippen molar-refractivity contribution in [2.24, 2.45) is 0 Å². The minimum atomic E-state index is -4.47. The Hall–Kier alpha value is -5.36. The van der Waals surface area contributed by atoms with E-state index < -0.39 is 36.1 Å². The number of carbonyl (C=O) groups excluding carboxylic acids is 2. The number of nitrogens with zero attached hydrogens (tertiary/aromatic N) is 1. The molecule has 1 saturated heterocycles. The van der Waals surface area contributed by atoms with Gasteiger partial charge >= 0.3 is 6.09 Å². The number of likely N-dealkylation sites (tertiary alicyclic amines) is 1. The van der Waals surface area contributed by atoms with E-state index >= 15 is 0 Å². The molecule has 314 valence electrons. The first-order valence-corrected chi connectivity index (χ1v) is 22.2. The second-order valence-corrected chi connectivity index (χ2v) is 16.8. The minimum absolute atomic E-state index is 0.0233. The molecule has 0 unspecified atom stereocenters. The molecule has 0 spiro atoms. The molecule has 1 heterocycles. The number of hydrogen-bond donors (Lipinski definition) is 6. The van der Waals surface area contributed by atoms with Gasteiger partial charge in [-0.05, 0) is 73.7 Å². The highest BCUT2D eigenvalue weighted by Crippen LogP contribution is 2.29. The van der Waals surface area contributed by atoms with E-state index in [0.29, 0.717) is 13.0 Å². The normalized spacial score (nSPS) is 13.6. The summed E-state index contributed by atoms with van der Waals surface area (Å²) in [7, 11) is -8.94. The number of anilines is 1. The second-order valence-electron chi connectivity index (χ2n) is 14.0. The van der Waals surface area contributed by atoms with Crippen LogP contribution in [0.25, 0.3) is 21.9 Å². The number of ether oxygens (including phenoxy) is 1. The van der Waals surface area contributed by atoms with E-state index in [-0.39, 0.29) is 28.5 Å². The van der Waals surface area contributed by atoms with Gasteiger partial charge in [-0.15, -0.1) is 0 Å². The van der Waals surface area contributed by atoms with Crippen LogP contribution in [-0.2, 0) is 36.3 Å². The Morgan fingerprint density at radius 2 is 1.29 bits per heavy atom. The van der Waals surface area contributed by atoms with Gasteiger partial charge in [-0.1, -0.05) is 91.3 Å². The molecule has 5 aromatic carbocycles. The van der Waals surface area contributed by atoms with Crippen molar-refractivity contribution in [3.05, 3.63) is 121 Å². The van der Waals surface area contributed by atoms with Crippen molar-refractivity contribution < 1.29 is 45.4 Å². The third kappa shape index (κ3) is 14.2. The Balaban J connectivity index is 0.000000305. The van der Waals surface area contributed by atoms with Crippen molar-refractivity contribution in [3.63, 3.8) is 0 Å². The predicted octanol–water partition coefficient (Wildman–Crippen LogP) is 6.87. The van der Waals surface area contributed by atoms with Crippen LogP contribution in [-0.4, -0.2) is 86.8 Å². The molecule has 14 nitrogen and oxygen atoms in total. The van der Waals surface area contributed by atoms with Gasteiger partial charge in [0.05, 0.1) is 5.69 Å². The van der Waals surface area contributed by atoms with E-state index in [9.17, 15) is 31.5 Å². The lowest BCUT2D eigenvalue weighted by molar-refractivity contribution is -0.121. The van der Waals surface area contributed by atoms with E-state index in [1.807, 2.05) is 66.7 Å². The standard InChI is InChI=1S/C33H42N4O4.C10H8O6S2/c38-28-15-13-26(14-16-28)25-34-20-7-2-8-21-35-32(39)19-24-37-22-17-29(18-23-37)41-33(40)36-31-12-6-5-11-30(31)27-9-3-1-4-10-27;11-17(12,13)9-5-1-3-7-8(9)4-2-6-10(7)18(14,15)16/h1,3-6,9-16,29,34,38H,2,7-8,17-25H2,(H,35,39)(H,36,40);1-6H,(H,11,12,13)(H,14,15,16). The molecule has 0 aromatic heterocycles. The fourth-order valence-electron chi connectivity index (χ4n) is 6.68. The second kappa shape index (κ2) is 21.6. The van der Waals surface area contributed by atoms with E-state index in [2.05, 4.69) is 20.9 Å². The number of hydrogen-bond acceptors (Lipinski definition) is 10. The average molecular weight is 847 g/mol. The predicted molar refractivity (Wildman–Crippen MR) is 226 cm³/mol. The third-order valence-corrected chi connectivity index (χ3v) is 11.6. The number of carbonyl (C=O) groups is 2. The van der Waals surface area contributed by atoms with Crippen molar-refractivity contribution >= 4 is 48.7 Å². The molecule has 6 rings (SSSR count). The molecule has 0 bridgehead atoms. The Morgan fingerprint density at radius 3 is 1.92 bits per heavy atom. The van der Waals surface area contributed by atoms with Gasteiger partial charge in [0, 0.05) is 55.5 Å². The zero-order valence-electron chi connectivity index (χ0n) is 32.5. The number of unbranched alkanes of at least 4 members (excludes halogenated alkanes) is 2. The summed E-state index contributed by atoms with van der Waals surface area (Å²) in [5.41, 5.74) is 3.88. The summed E-state index contributed by atoms with van der Waals surface area (Å²) in [6.07, 6.45) is 4.53. The number of rotatable bonds is 16.